The van der Waals surface area contributed by atoms with Crippen LogP contribution in [0.25, 0.3) is 0 Å². The van der Waals surface area contributed by atoms with E-state index in [0.29, 0.717) is 0 Å². The van der Waals surface area contributed by atoms with Crippen molar-refractivity contribution in [3.8, 4) is 0 Å². The van der Waals surface area contributed by atoms with E-state index in [0.717, 1.165) is 38.5 Å². The molecule has 4 nitrogen and oxygen atoms in total. The van der Waals surface area contributed by atoms with Crippen LogP contribution in [0.15, 0.2) is 0 Å². The molecule has 0 amide bonds. The van der Waals surface area contributed by atoms with Gasteiger partial charge in [0.05, 0.1) is 12.8 Å². The molecular formula is C26H50O4S. The van der Waals surface area contributed by atoms with Crippen molar-refractivity contribution >= 4 is 23.7 Å². The fourth-order valence-electron chi connectivity index (χ4n) is 4.11. The lowest BCUT2D eigenvalue weighted by atomic mass is 10.1. The van der Waals surface area contributed by atoms with Gasteiger partial charge in [-0.2, -0.15) is 11.8 Å². The van der Waals surface area contributed by atoms with Crippen molar-refractivity contribution in [1.29, 1.82) is 0 Å². The SMILES string of the molecule is CCCCCCCCCCC(CC(=O)O)SC(CCCCCCCCCC)CC(=O)O. The van der Waals surface area contributed by atoms with Crippen molar-refractivity contribution in [1.82, 2.24) is 0 Å². The van der Waals surface area contributed by atoms with Gasteiger partial charge < -0.3 is 10.2 Å². The molecular weight excluding hydrogens is 408 g/mol. The fraction of sp³-hybridized carbons (Fsp3) is 0.923. The first kappa shape index (κ1) is 30.3. The van der Waals surface area contributed by atoms with Crippen LogP contribution in [-0.4, -0.2) is 32.7 Å². The Labute approximate surface area is 196 Å². The molecule has 0 aliphatic rings. The minimum absolute atomic E-state index is 0.0379. The molecule has 0 spiro atoms. The predicted octanol–water partition coefficient (Wildman–Crippen LogP) is 8.47. The highest BCUT2D eigenvalue weighted by molar-refractivity contribution is 8.00. The maximum atomic E-state index is 11.3. The van der Waals surface area contributed by atoms with Crippen LogP contribution in [0.5, 0.6) is 0 Å². The molecule has 5 heteroatoms. The molecule has 0 heterocycles. The van der Waals surface area contributed by atoms with E-state index in [2.05, 4.69) is 13.8 Å². The molecule has 0 aliphatic heterocycles. The molecule has 0 aromatic heterocycles. The van der Waals surface area contributed by atoms with Crippen molar-refractivity contribution in [3.05, 3.63) is 0 Å². The molecule has 2 atom stereocenters. The van der Waals surface area contributed by atoms with Crippen molar-refractivity contribution in [3.63, 3.8) is 0 Å². The Hall–Kier alpha value is -0.710. The molecule has 0 saturated heterocycles. The van der Waals surface area contributed by atoms with E-state index in [1.165, 1.54) is 77.0 Å². The summed E-state index contributed by atoms with van der Waals surface area (Å²) in [6.07, 6.45) is 21.9. The van der Waals surface area contributed by atoms with Crippen molar-refractivity contribution in [2.75, 3.05) is 0 Å². The summed E-state index contributed by atoms with van der Waals surface area (Å²) in [7, 11) is 0. The largest absolute Gasteiger partial charge is 0.481 e. The van der Waals surface area contributed by atoms with Gasteiger partial charge >= 0.3 is 11.9 Å². The standard InChI is InChI=1S/C26H50O4S/c1-3-5-7-9-11-13-15-17-19-23(21-25(27)28)31-24(22-26(29)30)20-18-16-14-12-10-8-6-4-2/h23-24H,3-22H2,1-2H3,(H,27,28)(H,29,30). The third kappa shape index (κ3) is 22.3. The van der Waals surface area contributed by atoms with Gasteiger partial charge in [-0.1, -0.05) is 117 Å². The van der Waals surface area contributed by atoms with Gasteiger partial charge in [0, 0.05) is 10.5 Å². The fourth-order valence-corrected chi connectivity index (χ4v) is 5.74. The second kappa shape index (κ2) is 22.5. The minimum Gasteiger partial charge on any atom is -0.481 e. The topological polar surface area (TPSA) is 74.6 Å². The van der Waals surface area contributed by atoms with Gasteiger partial charge in [0.15, 0.2) is 0 Å². The monoisotopic (exact) mass is 458 g/mol. The molecule has 0 fully saturated rings. The molecule has 0 saturated carbocycles. The number of carbonyl (C=O) groups is 2. The Morgan fingerprint density at radius 2 is 0.839 bits per heavy atom. The average molecular weight is 459 g/mol. The van der Waals surface area contributed by atoms with E-state index in [1.54, 1.807) is 11.8 Å². The number of aliphatic carboxylic acids is 2. The first-order valence-electron chi connectivity index (χ1n) is 13.1. The van der Waals surface area contributed by atoms with E-state index in [-0.39, 0.29) is 23.3 Å². The molecule has 0 aliphatic carbocycles. The molecule has 2 unspecified atom stereocenters. The quantitative estimate of drug-likeness (QED) is 0.142. The van der Waals surface area contributed by atoms with E-state index in [9.17, 15) is 19.8 Å². The molecule has 2 N–H and O–H groups in total. The van der Waals surface area contributed by atoms with Gasteiger partial charge in [-0.25, -0.2) is 0 Å². The third-order valence-electron chi connectivity index (χ3n) is 5.95. The lowest BCUT2D eigenvalue weighted by Crippen LogP contribution is -2.18. The van der Waals surface area contributed by atoms with Crippen LogP contribution in [-0.2, 0) is 9.59 Å². The highest BCUT2D eigenvalue weighted by Gasteiger charge is 2.21. The van der Waals surface area contributed by atoms with Crippen LogP contribution in [0.4, 0.5) is 0 Å². The molecule has 0 radical (unpaired) electrons. The first-order valence-corrected chi connectivity index (χ1v) is 14.0. The molecule has 0 bridgehead atoms. The van der Waals surface area contributed by atoms with Crippen LogP contribution >= 0.6 is 11.8 Å². The van der Waals surface area contributed by atoms with Crippen LogP contribution in [0.1, 0.15) is 142 Å². The van der Waals surface area contributed by atoms with Crippen molar-refractivity contribution < 1.29 is 19.8 Å². The maximum Gasteiger partial charge on any atom is 0.304 e. The summed E-state index contributed by atoms with van der Waals surface area (Å²) in [5, 5.41) is 18.7. The van der Waals surface area contributed by atoms with Crippen molar-refractivity contribution in [2.24, 2.45) is 0 Å². The second-order valence-electron chi connectivity index (χ2n) is 9.10. The maximum absolute atomic E-state index is 11.3. The Bertz CT molecular complexity index is 390. The van der Waals surface area contributed by atoms with Gasteiger partial charge in [-0.3, -0.25) is 9.59 Å². The van der Waals surface area contributed by atoms with Crippen LogP contribution in [0.2, 0.25) is 0 Å². The third-order valence-corrected chi connectivity index (χ3v) is 7.52. The van der Waals surface area contributed by atoms with E-state index >= 15 is 0 Å². The summed E-state index contributed by atoms with van der Waals surface area (Å²) < 4.78 is 0. The number of thioether (sulfide) groups is 1. The van der Waals surface area contributed by atoms with Gasteiger partial charge in [0.2, 0.25) is 0 Å². The van der Waals surface area contributed by atoms with Gasteiger partial charge in [-0.15, -0.1) is 0 Å². The highest BCUT2D eigenvalue weighted by atomic mass is 32.2. The zero-order valence-electron chi connectivity index (χ0n) is 20.4. The van der Waals surface area contributed by atoms with E-state index < -0.39 is 11.9 Å². The van der Waals surface area contributed by atoms with Gasteiger partial charge in [0.1, 0.15) is 0 Å². The van der Waals surface area contributed by atoms with Crippen LogP contribution < -0.4 is 0 Å². The summed E-state index contributed by atoms with van der Waals surface area (Å²) in [6.45, 7) is 4.46. The number of carboxylic acid groups (broad SMARTS) is 2. The summed E-state index contributed by atoms with van der Waals surface area (Å²) in [5.74, 6) is -1.53. The van der Waals surface area contributed by atoms with Gasteiger partial charge in [-0.05, 0) is 12.8 Å². The number of hydrogen-bond donors (Lipinski definition) is 2. The number of rotatable bonds is 24. The summed E-state index contributed by atoms with van der Waals surface area (Å²) in [4.78, 5) is 22.7. The Morgan fingerprint density at radius 3 is 1.13 bits per heavy atom. The number of hydrogen-bond acceptors (Lipinski definition) is 3. The number of carboxylic acids is 2. The smallest absolute Gasteiger partial charge is 0.304 e. The van der Waals surface area contributed by atoms with E-state index in [4.69, 9.17) is 0 Å². The van der Waals surface area contributed by atoms with E-state index in [1.807, 2.05) is 0 Å². The zero-order valence-corrected chi connectivity index (χ0v) is 21.2. The molecule has 31 heavy (non-hydrogen) atoms. The molecule has 0 aromatic carbocycles. The minimum atomic E-state index is -0.766. The summed E-state index contributed by atoms with van der Waals surface area (Å²) in [6, 6.07) is 0. The lowest BCUT2D eigenvalue weighted by molar-refractivity contribution is -0.137. The Morgan fingerprint density at radius 1 is 0.548 bits per heavy atom. The Kier molecular flexibility index (Phi) is 22.0. The first-order chi connectivity index (χ1) is 15.0. The second-order valence-corrected chi connectivity index (χ2v) is 10.7. The number of unbranched alkanes of at least 4 members (excludes halogenated alkanes) is 14. The van der Waals surface area contributed by atoms with Gasteiger partial charge in [0.25, 0.3) is 0 Å². The molecule has 0 rings (SSSR count). The Balaban J connectivity index is 4.23. The molecule has 0 aromatic rings. The predicted molar refractivity (Wildman–Crippen MR) is 134 cm³/mol. The average Bonchev–Trinajstić information content (AvgIpc) is 2.70. The zero-order chi connectivity index (χ0) is 23.2. The summed E-state index contributed by atoms with van der Waals surface area (Å²) in [5.41, 5.74) is 0. The van der Waals surface area contributed by atoms with Crippen LogP contribution in [0.3, 0.4) is 0 Å². The molecule has 184 valence electrons. The normalized spacial score (nSPS) is 13.2. The van der Waals surface area contributed by atoms with Crippen LogP contribution in [0, 0.1) is 0 Å². The lowest BCUT2D eigenvalue weighted by Gasteiger charge is -2.21. The van der Waals surface area contributed by atoms with Crippen molar-refractivity contribution in [2.45, 2.75) is 153 Å². The summed E-state index contributed by atoms with van der Waals surface area (Å²) >= 11 is 1.63. The highest BCUT2D eigenvalue weighted by Crippen LogP contribution is 2.31.